The van der Waals surface area contributed by atoms with Crippen LogP contribution in [0.5, 0.6) is 0 Å². The summed E-state index contributed by atoms with van der Waals surface area (Å²) >= 11 is 1.64. The highest BCUT2D eigenvalue weighted by Gasteiger charge is 2.23. The summed E-state index contributed by atoms with van der Waals surface area (Å²) in [6.45, 7) is 5.66. The first-order valence-corrected chi connectivity index (χ1v) is 7.46. The third kappa shape index (κ3) is 4.20. The van der Waals surface area contributed by atoms with E-state index in [9.17, 15) is 4.79 Å². The molecule has 0 amide bonds. The largest absolute Gasteiger partial charge is 0.339 e. The van der Waals surface area contributed by atoms with Gasteiger partial charge in [0.15, 0.2) is 5.82 Å². The first-order chi connectivity index (χ1) is 9.45. The zero-order chi connectivity index (χ0) is 14.6. The Labute approximate surface area is 123 Å². The molecule has 0 unspecified atom stereocenters. The maximum atomic E-state index is 11.9. The fourth-order valence-corrected chi connectivity index (χ4v) is 2.25. The molecule has 0 aliphatic carbocycles. The molecule has 2 aromatic rings. The molecule has 0 atom stereocenters. The van der Waals surface area contributed by atoms with Crippen molar-refractivity contribution in [3.8, 4) is 0 Å². The summed E-state index contributed by atoms with van der Waals surface area (Å²) in [5.41, 5.74) is -0.382. The standard InChI is InChI=1S/C15H18N2O2S/c1-15(2,3)12(18)9-14-16-13(17-19-14)10-20-11-7-5-4-6-8-11/h4-8H,9-10H2,1-3H3. The smallest absolute Gasteiger partial charge is 0.234 e. The summed E-state index contributed by atoms with van der Waals surface area (Å²) in [5.74, 6) is 1.75. The van der Waals surface area contributed by atoms with Crippen LogP contribution in [0.2, 0.25) is 0 Å². The molecule has 0 saturated carbocycles. The van der Waals surface area contributed by atoms with Crippen molar-refractivity contribution in [2.24, 2.45) is 5.41 Å². The lowest BCUT2D eigenvalue weighted by Crippen LogP contribution is -2.22. The summed E-state index contributed by atoms with van der Waals surface area (Å²) < 4.78 is 5.12. The zero-order valence-electron chi connectivity index (χ0n) is 11.9. The van der Waals surface area contributed by atoms with E-state index in [1.807, 2.05) is 51.1 Å². The second-order valence-corrected chi connectivity index (χ2v) is 6.60. The van der Waals surface area contributed by atoms with E-state index in [0.717, 1.165) is 4.90 Å². The summed E-state index contributed by atoms with van der Waals surface area (Å²) in [6.07, 6.45) is 0.201. The normalized spacial score (nSPS) is 11.6. The number of ketones is 1. The molecule has 0 aliphatic rings. The summed E-state index contributed by atoms with van der Waals surface area (Å²) in [6, 6.07) is 10.0. The number of hydrogen-bond acceptors (Lipinski definition) is 5. The molecule has 0 aliphatic heterocycles. The van der Waals surface area contributed by atoms with Gasteiger partial charge >= 0.3 is 0 Å². The lowest BCUT2D eigenvalue weighted by molar-refractivity contribution is -0.125. The van der Waals surface area contributed by atoms with Crippen LogP contribution in [0.15, 0.2) is 39.8 Å². The molecule has 0 bridgehead atoms. The van der Waals surface area contributed by atoms with Crippen molar-refractivity contribution >= 4 is 17.5 Å². The van der Waals surface area contributed by atoms with Crippen LogP contribution in [-0.2, 0) is 17.0 Å². The van der Waals surface area contributed by atoms with Crippen LogP contribution < -0.4 is 0 Å². The van der Waals surface area contributed by atoms with Gasteiger partial charge in [0.25, 0.3) is 0 Å². The predicted octanol–water partition coefficient (Wildman–Crippen LogP) is 3.52. The number of benzene rings is 1. The van der Waals surface area contributed by atoms with Crippen LogP contribution in [0.25, 0.3) is 0 Å². The molecule has 106 valence electrons. The van der Waals surface area contributed by atoms with Crippen molar-refractivity contribution in [2.45, 2.75) is 37.8 Å². The fraction of sp³-hybridized carbons (Fsp3) is 0.400. The minimum absolute atomic E-state index is 0.100. The second-order valence-electron chi connectivity index (χ2n) is 5.56. The molecular formula is C15H18N2O2S. The Morgan fingerprint density at radius 1 is 1.25 bits per heavy atom. The second kappa shape index (κ2) is 6.22. The minimum atomic E-state index is -0.382. The van der Waals surface area contributed by atoms with Gasteiger partial charge in [-0.3, -0.25) is 4.79 Å². The Balaban J connectivity index is 1.91. The average molecular weight is 290 g/mol. The molecule has 20 heavy (non-hydrogen) atoms. The fourth-order valence-electron chi connectivity index (χ4n) is 1.49. The topological polar surface area (TPSA) is 56.0 Å². The summed E-state index contributed by atoms with van der Waals surface area (Å²) in [7, 11) is 0. The number of carbonyl (C=O) groups excluding carboxylic acids is 1. The van der Waals surface area contributed by atoms with E-state index < -0.39 is 0 Å². The lowest BCUT2D eigenvalue weighted by atomic mass is 9.89. The molecule has 0 spiro atoms. The first-order valence-electron chi connectivity index (χ1n) is 6.48. The third-order valence-electron chi connectivity index (χ3n) is 2.77. The van der Waals surface area contributed by atoms with Crippen LogP contribution in [0.1, 0.15) is 32.5 Å². The van der Waals surface area contributed by atoms with E-state index in [-0.39, 0.29) is 17.6 Å². The molecule has 0 N–H and O–H groups in total. The maximum Gasteiger partial charge on any atom is 0.234 e. The summed E-state index contributed by atoms with van der Waals surface area (Å²) in [5, 5.41) is 3.91. The molecule has 2 rings (SSSR count). The number of thioether (sulfide) groups is 1. The highest BCUT2D eigenvalue weighted by Crippen LogP contribution is 2.21. The lowest BCUT2D eigenvalue weighted by Gasteiger charge is -2.14. The quantitative estimate of drug-likeness (QED) is 0.789. The summed E-state index contributed by atoms with van der Waals surface area (Å²) in [4.78, 5) is 17.3. The molecule has 1 aromatic heterocycles. The third-order valence-corrected chi connectivity index (χ3v) is 3.78. The van der Waals surface area contributed by atoms with Gasteiger partial charge in [0.2, 0.25) is 5.89 Å². The van der Waals surface area contributed by atoms with Gasteiger partial charge in [-0.15, -0.1) is 11.8 Å². The van der Waals surface area contributed by atoms with Crippen LogP contribution in [0.3, 0.4) is 0 Å². The van der Waals surface area contributed by atoms with Crippen molar-refractivity contribution in [1.29, 1.82) is 0 Å². The van der Waals surface area contributed by atoms with Crippen molar-refractivity contribution in [3.63, 3.8) is 0 Å². The van der Waals surface area contributed by atoms with Crippen molar-refractivity contribution < 1.29 is 9.32 Å². The van der Waals surface area contributed by atoms with E-state index in [1.54, 1.807) is 11.8 Å². The number of carbonyl (C=O) groups is 1. The van der Waals surface area contributed by atoms with Crippen molar-refractivity contribution in [2.75, 3.05) is 0 Å². The number of hydrogen-bond donors (Lipinski definition) is 0. The van der Waals surface area contributed by atoms with E-state index in [0.29, 0.717) is 17.5 Å². The predicted molar refractivity (Wildman–Crippen MR) is 78.5 cm³/mol. The van der Waals surface area contributed by atoms with E-state index in [4.69, 9.17) is 4.52 Å². The number of aromatic nitrogens is 2. The Morgan fingerprint density at radius 2 is 1.95 bits per heavy atom. The molecule has 1 aromatic carbocycles. The van der Waals surface area contributed by atoms with Gasteiger partial charge < -0.3 is 4.52 Å². The first kappa shape index (κ1) is 14.8. The molecule has 5 heteroatoms. The average Bonchev–Trinajstić information content (AvgIpc) is 2.84. The van der Waals surface area contributed by atoms with Crippen molar-refractivity contribution in [3.05, 3.63) is 42.0 Å². The monoisotopic (exact) mass is 290 g/mol. The van der Waals surface area contributed by atoms with Crippen LogP contribution >= 0.6 is 11.8 Å². The highest BCUT2D eigenvalue weighted by atomic mass is 32.2. The van der Waals surface area contributed by atoms with Gasteiger partial charge in [0.1, 0.15) is 5.78 Å². The molecule has 0 radical (unpaired) electrons. The van der Waals surface area contributed by atoms with Gasteiger partial charge in [0.05, 0.1) is 12.2 Å². The van der Waals surface area contributed by atoms with Crippen LogP contribution in [0, 0.1) is 5.41 Å². The van der Waals surface area contributed by atoms with Gasteiger partial charge in [-0.2, -0.15) is 4.98 Å². The van der Waals surface area contributed by atoms with Gasteiger partial charge in [-0.1, -0.05) is 44.1 Å². The van der Waals surface area contributed by atoms with E-state index in [1.165, 1.54) is 0 Å². The van der Waals surface area contributed by atoms with E-state index in [2.05, 4.69) is 10.1 Å². The molecular weight excluding hydrogens is 272 g/mol. The molecule has 4 nitrogen and oxygen atoms in total. The van der Waals surface area contributed by atoms with Gasteiger partial charge in [-0.25, -0.2) is 0 Å². The molecule has 0 fully saturated rings. The Kier molecular flexibility index (Phi) is 4.60. The Hall–Kier alpha value is -1.62. The minimum Gasteiger partial charge on any atom is -0.339 e. The molecule has 0 saturated heterocycles. The maximum absolute atomic E-state index is 11.9. The van der Waals surface area contributed by atoms with Gasteiger partial charge in [-0.05, 0) is 12.1 Å². The van der Waals surface area contributed by atoms with Crippen LogP contribution in [-0.4, -0.2) is 15.9 Å². The highest BCUT2D eigenvalue weighted by molar-refractivity contribution is 7.98. The van der Waals surface area contributed by atoms with Crippen molar-refractivity contribution in [1.82, 2.24) is 10.1 Å². The Bertz CT molecular complexity index is 573. The number of nitrogens with zero attached hydrogens (tertiary/aromatic N) is 2. The zero-order valence-corrected chi connectivity index (χ0v) is 12.7. The van der Waals surface area contributed by atoms with Gasteiger partial charge in [0, 0.05) is 10.3 Å². The molecule has 1 heterocycles. The Morgan fingerprint density at radius 3 is 2.60 bits per heavy atom. The number of Topliss-reactive ketones (excluding diaryl/α,β-unsaturated/α-hetero) is 1. The SMILES string of the molecule is CC(C)(C)C(=O)Cc1nc(CSc2ccccc2)no1. The number of rotatable bonds is 5. The van der Waals surface area contributed by atoms with Crippen LogP contribution in [0.4, 0.5) is 0 Å². The van der Waals surface area contributed by atoms with E-state index >= 15 is 0 Å².